The smallest absolute Gasteiger partial charge is 0.251 e. The molecule has 2 aliphatic rings. The summed E-state index contributed by atoms with van der Waals surface area (Å²) >= 11 is 0. The van der Waals surface area contributed by atoms with Crippen molar-refractivity contribution in [2.75, 3.05) is 32.8 Å². The number of hydrogen-bond acceptors (Lipinski definition) is 4. The summed E-state index contributed by atoms with van der Waals surface area (Å²) in [6, 6.07) is 24.4. The van der Waals surface area contributed by atoms with E-state index in [1.807, 2.05) is 48.5 Å². The molecule has 37 heavy (non-hydrogen) atoms. The number of rotatable bonds is 7. The quantitative estimate of drug-likeness (QED) is 0.415. The topological polar surface area (TPSA) is 50.8 Å². The van der Waals surface area contributed by atoms with Crippen molar-refractivity contribution >= 4 is 5.91 Å². The largest absolute Gasteiger partial charge is 0.493 e. The van der Waals surface area contributed by atoms with Crippen molar-refractivity contribution in [1.82, 2.24) is 10.2 Å². The van der Waals surface area contributed by atoms with Gasteiger partial charge in [0.05, 0.1) is 13.2 Å². The molecule has 0 radical (unpaired) electrons. The minimum absolute atomic E-state index is 0.0941. The van der Waals surface area contributed by atoms with Gasteiger partial charge in [0.15, 0.2) is 0 Å². The number of nitrogens with zero attached hydrogens (tertiary/aromatic N) is 1. The highest BCUT2D eigenvalue weighted by Crippen LogP contribution is 2.31. The Hall–Kier alpha value is -3.31. The molecule has 3 aromatic rings. The van der Waals surface area contributed by atoms with E-state index in [1.165, 1.54) is 43.4 Å². The van der Waals surface area contributed by atoms with E-state index < -0.39 is 0 Å². The molecule has 1 fully saturated rings. The van der Waals surface area contributed by atoms with Crippen LogP contribution >= 0.6 is 0 Å². The molecule has 5 rings (SSSR count). The van der Waals surface area contributed by atoms with E-state index in [0.29, 0.717) is 25.3 Å². The molecule has 1 saturated carbocycles. The third kappa shape index (κ3) is 7.83. The molecule has 1 amide bonds. The van der Waals surface area contributed by atoms with Crippen molar-refractivity contribution in [1.29, 1.82) is 0 Å². The first kappa shape index (κ1) is 25.3. The Bertz CT molecular complexity index is 1160. The van der Waals surface area contributed by atoms with Gasteiger partial charge in [0.1, 0.15) is 18.1 Å². The van der Waals surface area contributed by atoms with E-state index in [-0.39, 0.29) is 5.91 Å². The van der Waals surface area contributed by atoms with Crippen LogP contribution in [0.25, 0.3) is 0 Å². The van der Waals surface area contributed by atoms with Gasteiger partial charge in [-0.1, -0.05) is 42.5 Å². The highest BCUT2D eigenvalue weighted by Gasteiger charge is 2.24. The van der Waals surface area contributed by atoms with Crippen molar-refractivity contribution in [3.8, 4) is 11.5 Å². The van der Waals surface area contributed by atoms with Crippen LogP contribution in [0.5, 0.6) is 11.5 Å². The zero-order valence-electron chi connectivity index (χ0n) is 21.7. The first-order chi connectivity index (χ1) is 18.2. The molecule has 5 heteroatoms. The van der Waals surface area contributed by atoms with Crippen molar-refractivity contribution in [3.05, 3.63) is 95.1 Å². The maximum absolute atomic E-state index is 12.9. The average Bonchev–Trinajstić information content (AvgIpc) is 3.73. The van der Waals surface area contributed by atoms with Crippen LogP contribution in [0.1, 0.15) is 59.2 Å². The van der Waals surface area contributed by atoms with Gasteiger partial charge in [0.25, 0.3) is 5.91 Å². The van der Waals surface area contributed by atoms with E-state index in [0.717, 1.165) is 48.9 Å². The van der Waals surface area contributed by atoms with E-state index in [4.69, 9.17) is 9.47 Å². The highest BCUT2D eigenvalue weighted by molar-refractivity contribution is 5.94. The molecule has 2 bridgehead atoms. The normalized spacial score (nSPS) is 16.6. The summed E-state index contributed by atoms with van der Waals surface area (Å²) in [5, 5.41) is 2.98. The number of ether oxygens (including phenoxy) is 2. The number of carbonyl (C=O) groups excluding carboxylic acids is 1. The van der Waals surface area contributed by atoms with Crippen LogP contribution < -0.4 is 14.8 Å². The van der Waals surface area contributed by atoms with Gasteiger partial charge >= 0.3 is 0 Å². The van der Waals surface area contributed by atoms with Crippen molar-refractivity contribution in [3.63, 3.8) is 0 Å². The Labute approximate surface area is 220 Å². The fourth-order valence-corrected chi connectivity index (χ4v) is 4.96. The average molecular weight is 499 g/mol. The van der Waals surface area contributed by atoms with Crippen LogP contribution in [0.2, 0.25) is 0 Å². The SMILES string of the molecule is O=C(NCCOc1ccccc1)c1ccc2c(c1)Cc1cccc(c1)CN(CC1CC1)CCCCCO2. The van der Waals surface area contributed by atoms with Gasteiger partial charge in [0.2, 0.25) is 0 Å². The summed E-state index contributed by atoms with van der Waals surface area (Å²) in [6.45, 7) is 4.97. The van der Waals surface area contributed by atoms with Crippen molar-refractivity contribution in [2.24, 2.45) is 5.92 Å². The van der Waals surface area contributed by atoms with Crippen LogP contribution in [-0.4, -0.2) is 43.7 Å². The maximum atomic E-state index is 12.9. The van der Waals surface area contributed by atoms with Crippen LogP contribution in [0.4, 0.5) is 0 Å². The lowest BCUT2D eigenvalue weighted by atomic mass is 9.99. The van der Waals surface area contributed by atoms with Crippen molar-refractivity contribution < 1.29 is 14.3 Å². The lowest BCUT2D eigenvalue weighted by Gasteiger charge is -2.23. The predicted octanol–water partition coefficient (Wildman–Crippen LogP) is 5.86. The standard InChI is InChI=1S/C32H38N2O3/c35-32(33-16-19-36-30-10-3-1-4-11-30)28-14-15-31-29(22-28)21-26-8-7-9-27(20-26)24-34(23-25-12-13-25)17-5-2-6-18-37-31/h1,3-4,7-11,14-15,20,22,25H,2,5-6,12-13,16-19,21,23-24H2,(H,33,35). The van der Waals surface area contributed by atoms with E-state index in [2.05, 4.69) is 34.5 Å². The summed E-state index contributed by atoms with van der Waals surface area (Å²) in [7, 11) is 0. The van der Waals surface area contributed by atoms with Gasteiger partial charge in [0, 0.05) is 25.1 Å². The molecule has 1 aliphatic heterocycles. The minimum Gasteiger partial charge on any atom is -0.493 e. The Balaban J connectivity index is 1.26. The van der Waals surface area contributed by atoms with Crippen LogP contribution in [0.3, 0.4) is 0 Å². The Morgan fingerprint density at radius 1 is 0.946 bits per heavy atom. The molecule has 1 N–H and O–H groups in total. The van der Waals surface area contributed by atoms with E-state index in [1.54, 1.807) is 0 Å². The molecular formula is C32H38N2O3. The van der Waals surface area contributed by atoms with Gasteiger partial charge < -0.3 is 14.8 Å². The van der Waals surface area contributed by atoms with Gasteiger partial charge in [-0.25, -0.2) is 0 Å². The second-order valence-electron chi connectivity index (χ2n) is 10.3. The zero-order chi connectivity index (χ0) is 25.3. The molecule has 0 atom stereocenters. The lowest BCUT2D eigenvalue weighted by Crippen LogP contribution is -2.28. The highest BCUT2D eigenvalue weighted by atomic mass is 16.5. The number of carbonyl (C=O) groups is 1. The fourth-order valence-electron chi connectivity index (χ4n) is 4.96. The molecule has 0 unspecified atom stereocenters. The zero-order valence-corrected chi connectivity index (χ0v) is 21.7. The molecule has 0 saturated heterocycles. The number of amides is 1. The monoisotopic (exact) mass is 498 g/mol. The van der Waals surface area contributed by atoms with Gasteiger partial charge in [-0.2, -0.15) is 0 Å². The van der Waals surface area contributed by atoms with Gasteiger partial charge in [-0.3, -0.25) is 9.69 Å². The molecule has 5 nitrogen and oxygen atoms in total. The summed E-state index contributed by atoms with van der Waals surface area (Å²) in [5.41, 5.74) is 4.32. The van der Waals surface area contributed by atoms with Crippen LogP contribution in [-0.2, 0) is 13.0 Å². The number of hydrogen-bond donors (Lipinski definition) is 1. The molecule has 0 aromatic heterocycles. The molecule has 0 spiro atoms. The predicted molar refractivity (Wildman–Crippen MR) is 147 cm³/mol. The van der Waals surface area contributed by atoms with Gasteiger partial charge in [-0.05, 0) is 91.6 Å². The second kappa shape index (κ2) is 12.8. The molecule has 1 aliphatic carbocycles. The van der Waals surface area contributed by atoms with Crippen molar-refractivity contribution in [2.45, 2.75) is 45.1 Å². The Kier molecular flexibility index (Phi) is 8.75. The Morgan fingerprint density at radius 3 is 2.68 bits per heavy atom. The second-order valence-corrected chi connectivity index (χ2v) is 10.3. The van der Waals surface area contributed by atoms with Crippen LogP contribution in [0, 0.1) is 5.92 Å². The maximum Gasteiger partial charge on any atom is 0.251 e. The number of para-hydroxylation sites is 1. The number of nitrogens with one attached hydrogen (secondary N) is 1. The Morgan fingerprint density at radius 2 is 1.81 bits per heavy atom. The summed E-state index contributed by atoms with van der Waals surface area (Å²) in [6.07, 6.45) is 6.93. The summed E-state index contributed by atoms with van der Waals surface area (Å²) in [5.74, 6) is 2.48. The third-order valence-corrected chi connectivity index (χ3v) is 7.10. The minimum atomic E-state index is -0.0941. The number of benzene rings is 3. The molecule has 3 aromatic carbocycles. The number of fused-ring (bicyclic) bond motifs is 3. The summed E-state index contributed by atoms with van der Waals surface area (Å²) < 4.78 is 11.9. The lowest BCUT2D eigenvalue weighted by molar-refractivity contribution is 0.0947. The van der Waals surface area contributed by atoms with Gasteiger partial charge in [-0.15, -0.1) is 0 Å². The molecular weight excluding hydrogens is 460 g/mol. The van der Waals surface area contributed by atoms with Crippen LogP contribution in [0.15, 0.2) is 72.8 Å². The third-order valence-electron chi connectivity index (χ3n) is 7.10. The summed E-state index contributed by atoms with van der Waals surface area (Å²) in [4.78, 5) is 15.5. The molecule has 1 heterocycles. The first-order valence-corrected chi connectivity index (χ1v) is 13.7. The fraction of sp³-hybridized carbons (Fsp3) is 0.406. The van der Waals surface area contributed by atoms with E-state index in [9.17, 15) is 4.79 Å². The van der Waals surface area contributed by atoms with E-state index >= 15 is 0 Å². The molecule has 194 valence electrons. The first-order valence-electron chi connectivity index (χ1n) is 13.7.